The van der Waals surface area contributed by atoms with E-state index < -0.39 is 21.0 Å². The predicted molar refractivity (Wildman–Crippen MR) is 71.7 cm³/mol. The molecular weight excluding hydrogens is 296 g/mol. The molecule has 0 saturated carbocycles. The Balaban J connectivity index is 2.18. The lowest BCUT2D eigenvalue weighted by molar-refractivity contribution is -0.115. The molecule has 9 heteroatoms. The van der Waals surface area contributed by atoms with Crippen LogP contribution in [-0.4, -0.2) is 30.8 Å². The highest BCUT2D eigenvalue weighted by Crippen LogP contribution is 2.21. The molecule has 0 saturated heterocycles. The summed E-state index contributed by atoms with van der Waals surface area (Å²) >= 11 is 0. The zero-order chi connectivity index (χ0) is 15.5. The highest BCUT2D eigenvalue weighted by atomic mass is 32.2. The lowest BCUT2D eigenvalue weighted by atomic mass is 10.2. The lowest BCUT2D eigenvalue weighted by Gasteiger charge is -2.02. The van der Waals surface area contributed by atoms with Crippen molar-refractivity contribution in [3.8, 4) is 17.5 Å². The first kappa shape index (κ1) is 14.7. The number of carbonyl (C=O) groups excluding carboxylic acids is 1. The third kappa shape index (κ3) is 3.64. The van der Waals surface area contributed by atoms with Gasteiger partial charge in [0.1, 0.15) is 6.42 Å². The monoisotopic (exact) mass is 306 g/mol. The summed E-state index contributed by atoms with van der Waals surface area (Å²) in [6.45, 7) is 0. The fourth-order valence-electron chi connectivity index (χ4n) is 1.45. The summed E-state index contributed by atoms with van der Waals surface area (Å²) in [5.41, 5.74) is 1.01. The zero-order valence-electron chi connectivity index (χ0n) is 10.9. The van der Waals surface area contributed by atoms with Gasteiger partial charge in [0.15, 0.2) is 0 Å². The minimum atomic E-state index is -3.55. The minimum absolute atomic E-state index is 0.0605. The van der Waals surface area contributed by atoms with Crippen molar-refractivity contribution in [3.05, 3.63) is 24.3 Å². The molecule has 0 aliphatic heterocycles. The van der Waals surface area contributed by atoms with E-state index in [2.05, 4.69) is 15.5 Å². The van der Waals surface area contributed by atoms with Crippen LogP contribution < -0.4 is 5.32 Å². The van der Waals surface area contributed by atoms with Crippen LogP contribution in [0.4, 0.5) is 5.69 Å². The summed E-state index contributed by atoms with van der Waals surface area (Å²) in [5, 5.41) is 17.6. The molecular formula is C12H10N4O4S. The molecule has 1 heterocycles. The first-order valence-corrected chi connectivity index (χ1v) is 7.60. The maximum absolute atomic E-state index is 11.2. The van der Waals surface area contributed by atoms with Crippen LogP contribution in [0, 0.1) is 11.3 Å². The molecule has 0 atom stereocenters. The number of hydrogen-bond acceptors (Lipinski definition) is 7. The largest absolute Gasteiger partial charge is 0.408 e. The molecule has 0 unspecified atom stereocenters. The number of rotatable bonds is 4. The fraction of sp³-hybridized carbons (Fsp3) is 0.167. The smallest absolute Gasteiger partial charge is 0.335 e. The van der Waals surface area contributed by atoms with Crippen LogP contribution >= 0.6 is 0 Å². The Hall–Kier alpha value is -2.73. The molecule has 1 aromatic heterocycles. The van der Waals surface area contributed by atoms with Gasteiger partial charge in [-0.05, 0) is 24.3 Å². The molecule has 0 spiro atoms. The van der Waals surface area contributed by atoms with Crippen molar-refractivity contribution < 1.29 is 17.6 Å². The molecule has 0 radical (unpaired) electrons. The maximum atomic E-state index is 11.2. The Labute approximate surface area is 120 Å². The average molecular weight is 306 g/mol. The summed E-state index contributed by atoms with van der Waals surface area (Å²) in [7, 11) is -3.55. The Bertz CT molecular complexity index is 803. The van der Waals surface area contributed by atoms with E-state index in [1.807, 2.05) is 0 Å². The van der Waals surface area contributed by atoms with Gasteiger partial charge in [-0.25, -0.2) is 8.42 Å². The van der Waals surface area contributed by atoms with Gasteiger partial charge >= 0.3 is 5.22 Å². The number of aromatic nitrogens is 2. The molecule has 8 nitrogen and oxygen atoms in total. The van der Waals surface area contributed by atoms with E-state index in [9.17, 15) is 13.2 Å². The quantitative estimate of drug-likeness (QED) is 0.892. The molecule has 1 amide bonds. The molecule has 0 bridgehead atoms. The first-order valence-electron chi connectivity index (χ1n) is 5.71. The number of benzene rings is 1. The van der Waals surface area contributed by atoms with Crippen LogP contribution in [0.15, 0.2) is 33.9 Å². The van der Waals surface area contributed by atoms with Crippen LogP contribution in [0.2, 0.25) is 0 Å². The number of nitrogens with zero attached hydrogens (tertiary/aromatic N) is 3. The van der Waals surface area contributed by atoms with Crippen LogP contribution in [0.25, 0.3) is 11.5 Å². The first-order chi connectivity index (χ1) is 9.90. The van der Waals surface area contributed by atoms with Gasteiger partial charge in [0.2, 0.25) is 21.6 Å². The normalized spacial score (nSPS) is 10.9. The number of nitrogens with one attached hydrogen (secondary N) is 1. The third-order valence-electron chi connectivity index (χ3n) is 2.38. The van der Waals surface area contributed by atoms with E-state index in [0.717, 1.165) is 6.26 Å². The molecule has 2 aromatic rings. The van der Waals surface area contributed by atoms with Crippen molar-refractivity contribution in [3.63, 3.8) is 0 Å². The van der Waals surface area contributed by atoms with Gasteiger partial charge in [0.25, 0.3) is 0 Å². The number of amides is 1. The van der Waals surface area contributed by atoms with E-state index in [1.54, 1.807) is 30.3 Å². The molecule has 1 N–H and O–H groups in total. The summed E-state index contributed by atoms with van der Waals surface area (Å²) in [6, 6.07) is 8.07. The molecule has 0 aliphatic carbocycles. The standard InChI is InChI=1S/C12H10N4O4S/c1-21(18,19)12-16-15-11(20-12)8-2-4-9(5-3-8)14-10(17)6-7-13/h2-5H,6H2,1H3,(H,14,17). The van der Waals surface area contributed by atoms with Gasteiger partial charge in [-0.3, -0.25) is 4.79 Å². The number of sulfone groups is 1. The van der Waals surface area contributed by atoms with Crippen molar-refractivity contribution in [1.82, 2.24) is 10.2 Å². The second-order valence-electron chi connectivity index (χ2n) is 4.11. The summed E-state index contributed by atoms with van der Waals surface area (Å²) in [5.74, 6) is -0.354. The molecule has 0 aliphatic rings. The third-order valence-corrected chi connectivity index (χ3v) is 3.18. The van der Waals surface area contributed by atoms with Crippen LogP contribution in [0.3, 0.4) is 0 Å². The van der Waals surface area contributed by atoms with E-state index >= 15 is 0 Å². The highest BCUT2D eigenvalue weighted by Gasteiger charge is 2.17. The van der Waals surface area contributed by atoms with Crippen molar-refractivity contribution in [2.45, 2.75) is 11.6 Å². The molecule has 1 aromatic carbocycles. The van der Waals surface area contributed by atoms with Crippen molar-refractivity contribution >= 4 is 21.4 Å². The maximum Gasteiger partial charge on any atom is 0.335 e. The minimum Gasteiger partial charge on any atom is -0.408 e. The van der Waals surface area contributed by atoms with E-state index in [-0.39, 0.29) is 12.3 Å². The molecule has 0 fully saturated rings. The number of nitriles is 1. The lowest BCUT2D eigenvalue weighted by Crippen LogP contribution is -2.09. The number of hydrogen-bond donors (Lipinski definition) is 1. The van der Waals surface area contributed by atoms with Crippen molar-refractivity contribution in [2.75, 3.05) is 11.6 Å². The highest BCUT2D eigenvalue weighted by molar-refractivity contribution is 7.90. The topological polar surface area (TPSA) is 126 Å². The molecule has 2 rings (SSSR count). The van der Waals surface area contributed by atoms with E-state index in [4.69, 9.17) is 9.68 Å². The van der Waals surface area contributed by atoms with Crippen LogP contribution in [-0.2, 0) is 14.6 Å². The second-order valence-corrected chi connectivity index (χ2v) is 6.00. The second kappa shape index (κ2) is 5.72. The Morgan fingerprint density at radius 1 is 1.33 bits per heavy atom. The average Bonchev–Trinajstić information content (AvgIpc) is 2.89. The van der Waals surface area contributed by atoms with Gasteiger partial charge in [0, 0.05) is 17.5 Å². The predicted octanol–water partition coefficient (Wildman–Crippen LogP) is 0.992. The summed E-state index contributed by atoms with van der Waals surface area (Å²) in [4.78, 5) is 11.2. The van der Waals surface area contributed by atoms with Gasteiger partial charge < -0.3 is 9.73 Å². The van der Waals surface area contributed by atoms with Gasteiger partial charge in [-0.2, -0.15) is 5.26 Å². The molecule has 108 valence electrons. The van der Waals surface area contributed by atoms with Gasteiger partial charge in [-0.1, -0.05) is 5.10 Å². The zero-order valence-corrected chi connectivity index (χ0v) is 11.7. The molecule has 21 heavy (non-hydrogen) atoms. The Kier molecular flexibility index (Phi) is 4.00. The number of carbonyl (C=O) groups is 1. The Morgan fingerprint density at radius 3 is 2.52 bits per heavy atom. The van der Waals surface area contributed by atoms with Gasteiger partial charge in [0.05, 0.1) is 6.07 Å². The SMILES string of the molecule is CS(=O)(=O)c1nnc(-c2ccc(NC(=O)CC#N)cc2)o1. The van der Waals surface area contributed by atoms with Crippen LogP contribution in [0.1, 0.15) is 6.42 Å². The fourth-order valence-corrected chi connectivity index (χ4v) is 1.87. The van der Waals surface area contributed by atoms with E-state index in [1.165, 1.54) is 0 Å². The van der Waals surface area contributed by atoms with Gasteiger partial charge in [-0.15, -0.1) is 5.10 Å². The van der Waals surface area contributed by atoms with E-state index in [0.29, 0.717) is 11.3 Å². The summed E-state index contributed by atoms with van der Waals surface area (Å²) in [6.07, 6.45) is 0.737. The van der Waals surface area contributed by atoms with Crippen molar-refractivity contribution in [1.29, 1.82) is 5.26 Å². The van der Waals surface area contributed by atoms with Crippen LogP contribution in [0.5, 0.6) is 0 Å². The summed E-state index contributed by atoms with van der Waals surface area (Å²) < 4.78 is 27.5. The van der Waals surface area contributed by atoms with Crippen molar-refractivity contribution in [2.24, 2.45) is 0 Å². The number of anilines is 1. The Morgan fingerprint density at radius 2 is 2.00 bits per heavy atom.